The Labute approximate surface area is 144 Å². The molecule has 0 aliphatic carbocycles. The standard InChI is InChI=1S/C17H18N6O2/c1-12-8-13(2)22(21-12)11-16(24)19-20-17(25)14-9-18-23(10-14)15-6-4-3-5-7-15/h3-10H,11H2,1-2H3,(H,19,24)(H,20,25). The lowest BCUT2D eigenvalue weighted by Crippen LogP contribution is -2.43. The maximum Gasteiger partial charge on any atom is 0.272 e. The molecule has 2 amide bonds. The molecule has 25 heavy (non-hydrogen) atoms. The fraction of sp³-hybridized carbons (Fsp3) is 0.176. The summed E-state index contributed by atoms with van der Waals surface area (Å²) in [5, 5.41) is 8.35. The van der Waals surface area contributed by atoms with E-state index in [4.69, 9.17) is 0 Å². The second-order valence-electron chi connectivity index (χ2n) is 5.60. The van der Waals surface area contributed by atoms with Crippen LogP contribution in [0.2, 0.25) is 0 Å². The minimum absolute atomic E-state index is 0.0310. The second kappa shape index (κ2) is 7.00. The molecule has 3 aromatic rings. The van der Waals surface area contributed by atoms with Crippen molar-refractivity contribution in [3.63, 3.8) is 0 Å². The number of nitrogens with zero attached hydrogens (tertiary/aromatic N) is 4. The van der Waals surface area contributed by atoms with Gasteiger partial charge in [0.25, 0.3) is 11.8 Å². The monoisotopic (exact) mass is 338 g/mol. The highest BCUT2D eigenvalue weighted by Gasteiger charge is 2.12. The van der Waals surface area contributed by atoms with E-state index in [-0.39, 0.29) is 12.5 Å². The number of para-hydroxylation sites is 1. The van der Waals surface area contributed by atoms with Crippen LogP contribution in [-0.2, 0) is 11.3 Å². The second-order valence-corrected chi connectivity index (χ2v) is 5.60. The SMILES string of the molecule is Cc1cc(C)n(CC(=O)NNC(=O)c2cnn(-c3ccccc3)c2)n1. The molecule has 0 saturated carbocycles. The number of aryl methyl sites for hydroxylation is 2. The summed E-state index contributed by atoms with van der Waals surface area (Å²) < 4.78 is 3.16. The van der Waals surface area contributed by atoms with Gasteiger partial charge in [0.2, 0.25) is 0 Å². The van der Waals surface area contributed by atoms with E-state index < -0.39 is 5.91 Å². The predicted octanol–water partition coefficient (Wildman–Crippen LogP) is 1.15. The molecule has 2 N–H and O–H groups in total. The number of hydrazine groups is 1. The lowest BCUT2D eigenvalue weighted by molar-refractivity contribution is -0.122. The highest BCUT2D eigenvalue weighted by molar-refractivity contribution is 5.95. The first-order valence-corrected chi connectivity index (χ1v) is 7.73. The average molecular weight is 338 g/mol. The van der Waals surface area contributed by atoms with Crippen molar-refractivity contribution in [2.75, 3.05) is 0 Å². The van der Waals surface area contributed by atoms with Gasteiger partial charge in [0.1, 0.15) is 6.54 Å². The molecule has 0 fully saturated rings. The molecule has 0 bridgehead atoms. The Hall–Kier alpha value is -3.42. The minimum atomic E-state index is -0.441. The van der Waals surface area contributed by atoms with Gasteiger partial charge in [0.05, 0.1) is 23.1 Å². The first-order valence-electron chi connectivity index (χ1n) is 7.73. The molecular weight excluding hydrogens is 320 g/mol. The number of carbonyl (C=O) groups is 2. The Balaban J connectivity index is 1.57. The van der Waals surface area contributed by atoms with E-state index in [2.05, 4.69) is 21.0 Å². The van der Waals surface area contributed by atoms with Crippen molar-refractivity contribution in [3.8, 4) is 5.69 Å². The van der Waals surface area contributed by atoms with Gasteiger partial charge in [-0.25, -0.2) is 4.68 Å². The summed E-state index contributed by atoms with van der Waals surface area (Å²) in [4.78, 5) is 24.0. The van der Waals surface area contributed by atoms with Gasteiger partial charge in [-0.15, -0.1) is 0 Å². The van der Waals surface area contributed by atoms with Crippen molar-refractivity contribution in [1.82, 2.24) is 30.4 Å². The van der Waals surface area contributed by atoms with Gasteiger partial charge in [-0.05, 0) is 32.0 Å². The molecule has 8 nitrogen and oxygen atoms in total. The minimum Gasteiger partial charge on any atom is -0.271 e. The number of amides is 2. The fourth-order valence-electron chi connectivity index (χ4n) is 2.37. The lowest BCUT2D eigenvalue weighted by atomic mass is 10.3. The fourth-order valence-corrected chi connectivity index (χ4v) is 2.37. The van der Waals surface area contributed by atoms with Crippen LogP contribution in [0.15, 0.2) is 48.8 Å². The maximum atomic E-state index is 12.1. The molecule has 0 spiro atoms. The Bertz CT molecular complexity index is 897. The summed E-state index contributed by atoms with van der Waals surface area (Å²) in [7, 11) is 0. The molecular formula is C17H18N6O2. The normalized spacial score (nSPS) is 10.5. The van der Waals surface area contributed by atoms with Crippen LogP contribution >= 0.6 is 0 Å². The number of hydrogen-bond donors (Lipinski definition) is 2. The zero-order valence-corrected chi connectivity index (χ0v) is 13.9. The predicted molar refractivity (Wildman–Crippen MR) is 90.9 cm³/mol. The summed E-state index contributed by atoms with van der Waals surface area (Å²) >= 11 is 0. The van der Waals surface area contributed by atoms with E-state index >= 15 is 0 Å². The van der Waals surface area contributed by atoms with Gasteiger partial charge in [-0.3, -0.25) is 25.1 Å². The summed E-state index contributed by atoms with van der Waals surface area (Å²) in [6, 6.07) is 11.3. The summed E-state index contributed by atoms with van der Waals surface area (Å²) in [5.41, 5.74) is 7.65. The maximum absolute atomic E-state index is 12.1. The number of aromatic nitrogens is 4. The molecule has 2 aromatic heterocycles. The summed E-state index contributed by atoms with van der Waals surface area (Å²) in [6.45, 7) is 3.75. The first-order chi connectivity index (χ1) is 12.0. The van der Waals surface area contributed by atoms with E-state index in [9.17, 15) is 9.59 Å². The molecule has 128 valence electrons. The Kier molecular flexibility index (Phi) is 4.60. The molecule has 1 aromatic carbocycles. The molecule has 0 atom stereocenters. The summed E-state index contributed by atoms with van der Waals surface area (Å²) in [6.07, 6.45) is 3.04. The zero-order valence-electron chi connectivity index (χ0n) is 13.9. The zero-order chi connectivity index (χ0) is 17.8. The van der Waals surface area contributed by atoms with Crippen LogP contribution in [0.25, 0.3) is 5.69 Å². The first kappa shape index (κ1) is 16.4. The van der Waals surface area contributed by atoms with Crippen LogP contribution in [0.1, 0.15) is 21.7 Å². The van der Waals surface area contributed by atoms with Crippen molar-refractivity contribution >= 4 is 11.8 Å². The van der Waals surface area contributed by atoms with Crippen LogP contribution in [-0.4, -0.2) is 31.4 Å². The number of nitrogens with one attached hydrogen (secondary N) is 2. The third-order valence-electron chi connectivity index (χ3n) is 3.58. The van der Waals surface area contributed by atoms with Crippen LogP contribution in [0.3, 0.4) is 0 Å². The van der Waals surface area contributed by atoms with E-state index in [0.717, 1.165) is 17.1 Å². The van der Waals surface area contributed by atoms with Crippen molar-refractivity contribution in [2.45, 2.75) is 20.4 Å². The summed E-state index contributed by atoms with van der Waals surface area (Å²) in [5.74, 6) is -0.807. The van der Waals surface area contributed by atoms with Crippen molar-refractivity contribution in [3.05, 3.63) is 65.7 Å². The van der Waals surface area contributed by atoms with Crippen LogP contribution < -0.4 is 10.9 Å². The van der Waals surface area contributed by atoms with Crippen molar-refractivity contribution in [2.24, 2.45) is 0 Å². The van der Waals surface area contributed by atoms with Gasteiger partial charge in [-0.1, -0.05) is 18.2 Å². The van der Waals surface area contributed by atoms with Crippen molar-refractivity contribution < 1.29 is 9.59 Å². The van der Waals surface area contributed by atoms with Gasteiger partial charge in [-0.2, -0.15) is 10.2 Å². The Morgan fingerprint density at radius 2 is 1.88 bits per heavy atom. The number of benzene rings is 1. The highest BCUT2D eigenvalue weighted by Crippen LogP contribution is 2.07. The van der Waals surface area contributed by atoms with Gasteiger partial charge < -0.3 is 0 Å². The third kappa shape index (κ3) is 3.92. The molecule has 0 aliphatic rings. The van der Waals surface area contributed by atoms with Gasteiger partial charge in [0.15, 0.2) is 0 Å². The van der Waals surface area contributed by atoms with Crippen LogP contribution in [0.5, 0.6) is 0 Å². The molecule has 0 unspecified atom stereocenters. The number of hydrogen-bond acceptors (Lipinski definition) is 4. The van der Waals surface area contributed by atoms with E-state index in [1.54, 1.807) is 15.6 Å². The number of carbonyl (C=O) groups excluding carboxylic acids is 2. The van der Waals surface area contributed by atoms with E-state index in [1.807, 2.05) is 50.2 Å². The molecule has 0 radical (unpaired) electrons. The van der Waals surface area contributed by atoms with Gasteiger partial charge in [0, 0.05) is 11.9 Å². The quantitative estimate of drug-likeness (QED) is 0.698. The van der Waals surface area contributed by atoms with Crippen LogP contribution in [0, 0.1) is 13.8 Å². The smallest absolute Gasteiger partial charge is 0.271 e. The van der Waals surface area contributed by atoms with Crippen molar-refractivity contribution in [1.29, 1.82) is 0 Å². The highest BCUT2D eigenvalue weighted by atomic mass is 16.2. The van der Waals surface area contributed by atoms with E-state index in [0.29, 0.717) is 5.56 Å². The molecule has 0 saturated heterocycles. The Morgan fingerprint density at radius 3 is 2.56 bits per heavy atom. The molecule has 3 rings (SSSR count). The third-order valence-corrected chi connectivity index (χ3v) is 3.58. The molecule has 2 heterocycles. The van der Waals surface area contributed by atoms with Crippen LogP contribution in [0.4, 0.5) is 0 Å². The van der Waals surface area contributed by atoms with Gasteiger partial charge >= 0.3 is 0 Å². The lowest BCUT2D eigenvalue weighted by Gasteiger charge is -2.07. The largest absolute Gasteiger partial charge is 0.272 e. The average Bonchev–Trinajstić information content (AvgIpc) is 3.21. The topological polar surface area (TPSA) is 93.8 Å². The molecule has 0 aliphatic heterocycles. The molecule has 8 heteroatoms. The number of rotatable bonds is 4. The van der Waals surface area contributed by atoms with E-state index in [1.165, 1.54) is 6.20 Å². The Morgan fingerprint density at radius 1 is 1.12 bits per heavy atom.